The Morgan fingerprint density at radius 2 is 0.671 bits per heavy atom. The van der Waals surface area contributed by atoms with Gasteiger partial charge in [-0.2, -0.15) is 0 Å². The minimum atomic E-state index is 0. The Morgan fingerprint density at radius 3 is 1.14 bits per heavy atom. The molecule has 0 radical (unpaired) electrons. The predicted molar refractivity (Wildman–Crippen MR) is 295 cm³/mol. The molecule has 0 unspecified atom stereocenters. The Balaban J connectivity index is 0.00000516. The summed E-state index contributed by atoms with van der Waals surface area (Å²) >= 11 is 0. The van der Waals surface area contributed by atoms with Gasteiger partial charge in [0.15, 0.2) is 0 Å². The van der Waals surface area contributed by atoms with Gasteiger partial charge in [0.2, 0.25) is 0 Å². The summed E-state index contributed by atoms with van der Waals surface area (Å²) in [5, 5.41) is 8.38. The largest absolute Gasteiger partial charge is 3.00 e. The number of pyridine rings is 5. The molecule has 340 valence electrons. The second kappa shape index (κ2) is 18.3. The zero-order valence-electron chi connectivity index (χ0n) is 39.0. The molecular formula is C67H38IrN5. The van der Waals surface area contributed by atoms with E-state index in [9.17, 15) is 0 Å². The van der Waals surface area contributed by atoms with Crippen molar-refractivity contribution in [2.45, 2.75) is 0 Å². The van der Waals surface area contributed by atoms with Gasteiger partial charge >= 0.3 is 20.1 Å². The van der Waals surface area contributed by atoms with Gasteiger partial charge in [0.1, 0.15) is 0 Å². The van der Waals surface area contributed by atoms with E-state index in [2.05, 4.69) is 193 Å². The van der Waals surface area contributed by atoms with Crippen LogP contribution in [0.1, 0.15) is 0 Å². The van der Waals surface area contributed by atoms with Gasteiger partial charge in [-0.1, -0.05) is 167 Å². The van der Waals surface area contributed by atoms with Gasteiger partial charge in [-0.25, -0.2) is 0 Å². The van der Waals surface area contributed by atoms with Crippen LogP contribution in [0.15, 0.2) is 231 Å². The molecule has 14 aromatic rings. The van der Waals surface area contributed by atoms with E-state index < -0.39 is 0 Å². The van der Waals surface area contributed by atoms with E-state index in [1.54, 1.807) is 0 Å². The second-order valence-corrected chi connectivity index (χ2v) is 18.1. The average Bonchev–Trinajstić information content (AvgIpc) is 3.47. The van der Waals surface area contributed by atoms with Gasteiger partial charge in [0.25, 0.3) is 0 Å². The number of benzene rings is 9. The first kappa shape index (κ1) is 43.9. The fourth-order valence-electron chi connectivity index (χ4n) is 10.6. The van der Waals surface area contributed by atoms with E-state index in [1.165, 1.54) is 0 Å². The average molecular weight is 1110 g/mol. The summed E-state index contributed by atoms with van der Waals surface area (Å²) in [6.07, 6.45) is 5.51. The van der Waals surface area contributed by atoms with Crippen LogP contribution in [0.25, 0.3) is 143 Å². The summed E-state index contributed by atoms with van der Waals surface area (Å²) in [6, 6.07) is 85.1. The SMILES string of the molecule is [Ir+3].[c-]1cc(-c2ccccc2-c2cc(-c3ccccc3-c3c[c-]c4c5ncccc5c5ccccc5c4n3)cc(-c3ccccc3-c3c[c-]c4c5ncccc5c5ccccc5c4n3)c2)ccc1-c1ccccn1. The molecule has 14 rings (SSSR count). The third kappa shape index (κ3) is 7.55. The van der Waals surface area contributed by atoms with Crippen LogP contribution in [-0.2, 0) is 20.1 Å². The van der Waals surface area contributed by atoms with Crippen molar-refractivity contribution in [3.8, 4) is 78.3 Å². The van der Waals surface area contributed by atoms with E-state index >= 15 is 0 Å². The van der Waals surface area contributed by atoms with Gasteiger partial charge in [-0.05, 0) is 152 Å². The summed E-state index contributed by atoms with van der Waals surface area (Å²) in [5.41, 5.74) is 17.6. The van der Waals surface area contributed by atoms with Crippen molar-refractivity contribution in [2.75, 3.05) is 0 Å². The van der Waals surface area contributed by atoms with Crippen molar-refractivity contribution in [2.24, 2.45) is 0 Å². The molecule has 0 aliphatic carbocycles. The summed E-state index contributed by atoms with van der Waals surface area (Å²) < 4.78 is 0. The van der Waals surface area contributed by atoms with Gasteiger partial charge < -0.3 is 24.9 Å². The number of nitrogens with zero attached hydrogens (tertiary/aromatic N) is 5. The molecule has 9 aromatic carbocycles. The van der Waals surface area contributed by atoms with Gasteiger partial charge in [0.05, 0.1) is 0 Å². The molecule has 5 aromatic heterocycles. The van der Waals surface area contributed by atoms with Crippen molar-refractivity contribution in [1.29, 1.82) is 0 Å². The maximum Gasteiger partial charge on any atom is 3.00 e. The molecular weight excluding hydrogens is 1070 g/mol. The number of rotatable bonds is 7. The molecule has 0 aliphatic rings. The summed E-state index contributed by atoms with van der Waals surface area (Å²) in [4.78, 5) is 25.2. The van der Waals surface area contributed by atoms with Gasteiger partial charge in [0, 0.05) is 18.6 Å². The molecule has 0 bridgehead atoms. The van der Waals surface area contributed by atoms with E-state index in [-0.39, 0.29) is 20.1 Å². The zero-order valence-corrected chi connectivity index (χ0v) is 41.4. The maximum absolute atomic E-state index is 5.48. The fourth-order valence-corrected chi connectivity index (χ4v) is 10.6. The molecule has 0 fully saturated rings. The van der Waals surface area contributed by atoms with E-state index in [0.717, 1.165) is 143 Å². The molecule has 5 heterocycles. The number of hydrogen-bond acceptors (Lipinski definition) is 5. The smallest absolute Gasteiger partial charge is 0.343 e. The zero-order chi connectivity index (χ0) is 47.5. The number of fused-ring (bicyclic) bond motifs is 12. The predicted octanol–water partition coefficient (Wildman–Crippen LogP) is 16.6. The van der Waals surface area contributed by atoms with Crippen LogP contribution in [0.2, 0.25) is 0 Å². The minimum Gasteiger partial charge on any atom is -0.343 e. The first-order valence-electron chi connectivity index (χ1n) is 24.1. The topological polar surface area (TPSA) is 64.5 Å². The van der Waals surface area contributed by atoms with Crippen LogP contribution < -0.4 is 0 Å². The number of aromatic nitrogens is 5. The van der Waals surface area contributed by atoms with E-state index in [0.29, 0.717) is 0 Å². The monoisotopic (exact) mass is 1110 g/mol. The van der Waals surface area contributed by atoms with Gasteiger partial charge in [-0.3, -0.25) is 0 Å². The van der Waals surface area contributed by atoms with Crippen LogP contribution in [0.4, 0.5) is 0 Å². The molecule has 0 saturated carbocycles. The van der Waals surface area contributed by atoms with Crippen molar-refractivity contribution < 1.29 is 20.1 Å². The summed E-state index contributed by atoms with van der Waals surface area (Å²) in [7, 11) is 0. The molecule has 0 N–H and O–H groups in total. The quantitative estimate of drug-likeness (QED) is 0.118. The van der Waals surface area contributed by atoms with Crippen LogP contribution in [0.5, 0.6) is 0 Å². The Morgan fingerprint density at radius 1 is 0.274 bits per heavy atom. The van der Waals surface area contributed by atoms with Crippen molar-refractivity contribution in [3.63, 3.8) is 0 Å². The summed E-state index contributed by atoms with van der Waals surface area (Å²) in [5.74, 6) is 0. The Labute approximate surface area is 434 Å². The van der Waals surface area contributed by atoms with Gasteiger partial charge in [-0.15, -0.1) is 54.1 Å². The molecule has 0 aliphatic heterocycles. The Hall–Kier alpha value is -9.06. The summed E-state index contributed by atoms with van der Waals surface area (Å²) in [6.45, 7) is 0. The minimum absolute atomic E-state index is 0. The van der Waals surface area contributed by atoms with Crippen LogP contribution in [0, 0.1) is 18.2 Å². The molecule has 0 saturated heterocycles. The molecule has 73 heavy (non-hydrogen) atoms. The Kier molecular flexibility index (Phi) is 11.0. The van der Waals surface area contributed by atoms with Crippen LogP contribution >= 0.6 is 0 Å². The molecule has 0 atom stereocenters. The number of hydrogen-bond donors (Lipinski definition) is 0. The van der Waals surface area contributed by atoms with Crippen LogP contribution in [-0.4, -0.2) is 24.9 Å². The van der Waals surface area contributed by atoms with E-state index in [4.69, 9.17) is 19.9 Å². The molecule has 0 spiro atoms. The first-order chi connectivity index (χ1) is 35.7. The molecule has 6 heteroatoms. The van der Waals surface area contributed by atoms with Crippen LogP contribution in [0.3, 0.4) is 0 Å². The first-order valence-corrected chi connectivity index (χ1v) is 24.1. The molecule has 5 nitrogen and oxygen atoms in total. The standard InChI is InChI=1S/C67H38N5.Ir/c1-2-16-48(47(15-1)42-28-30-43(31-29-42)61-27-11-12-36-68-61)44-39-45(49-17-3-7-21-53(49)62-34-32-59-64-55(25-13-37-69-64)51-19-5-9-23-57(51)66(59)71-62)41-46(40-44)50-18-4-8-22-54(50)63-35-33-60-65-56(26-14-38-70-65)52-20-6-10-24-58(52)67(60)72-63;/h1-30,34-41H;/q-3;+3. The maximum atomic E-state index is 5.48. The van der Waals surface area contributed by atoms with Crippen molar-refractivity contribution >= 4 is 65.2 Å². The third-order valence-corrected chi connectivity index (χ3v) is 13.9. The van der Waals surface area contributed by atoms with Crippen molar-refractivity contribution in [1.82, 2.24) is 24.9 Å². The molecule has 0 amide bonds. The normalized spacial score (nSPS) is 11.5. The fraction of sp³-hybridized carbons (Fsp3) is 0. The third-order valence-electron chi connectivity index (χ3n) is 13.9. The Bertz CT molecular complexity index is 4170. The second-order valence-electron chi connectivity index (χ2n) is 18.1. The van der Waals surface area contributed by atoms with Crippen molar-refractivity contribution in [3.05, 3.63) is 249 Å². The van der Waals surface area contributed by atoms with E-state index in [1.807, 2.05) is 61.1 Å².